The fraction of sp³-hybridized carbons (Fsp3) is 0.150. The van der Waals surface area contributed by atoms with Gasteiger partial charge >= 0.3 is 0 Å². The number of hydrogen-bond acceptors (Lipinski definition) is 3. The van der Waals surface area contributed by atoms with E-state index in [4.69, 9.17) is 0 Å². The van der Waals surface area contributed by atoms with E-state index in [9.17, 15) is 9.18 Å². The Bertz CT molecular complexity index is 803. The molecule has 3 rings (SSSR count). The molecule has 0 bridgehead atoms. The number of likely N-dealkylation sites (N-methyl/N-ethyl adjacent to an activating group) is 1. The molecule has 3 nitrogen and oxygen atoms in total. The number of carbonyl (C=O) groups excluding carboxylic acids is 1. The van der Waals surface area contributed by atoms with Crippen LogP contribution in [0.1, 0.15) is 16.5 Å². The maximum absolute atomic E-state index is 13.1. The Morgan fingerprint density at radius 2 is 1.80 bits per heavy atom. The fourth-order valence-corrected chi connectivity index (χ4v) is 3.49. The molecule has 0 aliphatic heterocycles. The van der Waals surface area contributed by atoms with Crippen LogP contribution in [-0.4, -0.2) is 17.9 Å². The summed E-state index contributed by atoms with van der Waals surface area (Å²) >= 11 is 1.67. The second kappa shape index (κ2) is 8.05. The number of rotatable bonds is 6. The van der Waals surface area contributed by atoms with Gasteiger partial charge in [0.05, 0.1) is 0 Å². The van der Waals surface area contributed by atoms with E-state index in [0.717, 1.165) is 5.56 Å². The van der Waals surface area contributed by atoms with Crippen molar-refractivity contribution in [2.24, 2.45) is 0 Å². The predicted octanol–water partition coefficient (Wildman–Crippen LogP) is 4.70. The lowest BCUT2D eigenvalue weighted by atomic mass is 10.0. The van der Waals surface area contributed by atoms with Gasteiger partial charge in [-0.15, -0.1) is 11.3 Å². The average molecular weight is 354 g/mol. The molecule has 0 spiro atoms. The van der Waals surface area contributed by atoms with Crippen LogP contribution in [0.25, 0.3) is 0 Å². The zero-order valence-corrected chi connectivity index (χ0v) is 14.7. The Kier molecular flexibility index (Phi) is 5.58. The van der Waals surface area contributed by atoms with Crippen LogP contribution in [-0.2, 0) is 11.3 Å². The minimum absolute atomic E-state index is 0.142. The number of anilines is 1. The summed E-state index contributed by atoms with van der Waals surface area (Å²) in [5.41, 5.74) is 1.50. The normalized spacial score (nSPS) is 12.1. The smallest absolute Gasteiger partial charge is 0.246 e. The minimum atomic E-state index is -0.437. The van der Waals surface area contributed by atoms with Gasteiger partial charge in [0.1, 0.15) is 11.9 Å². The molecule has 1 N–H and O–H groups in total. The van der Waals surface area contributed by atoms with E-state index < -0.39 is 6.04 Å². The number of thiophene rings is 1. The van der Waals surface area contributed by atoms with Crippen molar-refractivity contribution in [3.63, 3.8) is 0 Å². The second-order valence-electron chi connectivity index (χ2n) is 5.80. The van der Waals surface area contributed by atoms with E-state index in [2.05, 4.69) is 11.4 Å². The molecule has 0 aliphatic carbocycles. The lowest BCUT2D eigenvalue weighted by Gasteiger charge is -2.27. The van der Waals surface area contributed by atoms with Gasteiger partial charge in [-0.05, 0) is 48.3 Å². The largest absolute Gasteiger partial charge is 0.324 e. The van der Waals surface area contributed by atoms with Crippen molar-refractivity contribution >= 4 is 22.9 Å². The van der Waals surface area contributed by atoms with Gasteiger partial charge in [0, 0.05) is 17.1 Å². The Morgan fingerprint density at radius 1 is 1.08 bits per heavy atom. The molecule has 5 heteroatoms. The molecule has 0 saturated heterocycles. The number of benzene rings is 2. The number of hydrogen-bond donors (Lipinski definition) is 1. The van der Waals surface area contributed by atoms with Crippen molar-refractivity contribution in [1.82, 2.24) is 4.90 Å². The van der Waals surface area contributed by atoms with Gasteiger partial charge in [0.2, 0.25) is 5.91 Å². The molecule has 0 radical (unpaired) electrons. The van der Waals surface area contributed by atoms with Crippen LogP contribution in [0.5, 0.6) is 0 Å². The molecule has 1 heterocycles. The number of nitrogens with one attached hydrogen (secondary N) is 1. The van der Waals surface area contributed by atoms with Crippen molar-refractivity contribution < 1.29 is 9.18 Å². The van der Waals surface area contributed by atoms with Crippen molar-refractivity contribution in [3.8, 4) is 0 Å². The van der Waals surface area contributed by atoms with E-state index in [1.807, 2.05) is 53.7 Å². The quantitative estimate of drug-likeness (QED) is 0.696. The third kappa shape index (κ3) is 4.53. The maximum atomic E-state index is 13.1. The van der Waals surface area contributed by atoms with E-state index in [1.54, 1.807) is 23.5 Å². The van der Waals surface area contributed by atoms with E-state index in [1.165, 1.54) is 17.0 Å². The topological polar surface area (TPSA) is 32.3 Å². The number of amides is 1. The van der Waals surface area contributed by atoms with Gasteiger partial charge < -0.3 is 5.32 Å². The van der Waals surface area contributed by atoms with Gasteiger partial charge in [-0.3, -0.25) is 9.69 Å². The zero-order valence-electron chi connectivity index (χ0n) is 13.9. The SMILES string of the molecule is CN(Cc1cccs1)[C@@H](C(=O)Nc1ccc(F)cc1)c1ccccc1. The Labute approximate surface area is 150 Å². The van der Waals surface area contributed by atoms with Crippen LogP contribution in [0.2, 0.25) is 0 Å². The monoisotopic (exact) mass is 354 g/mol. The predicted molar refractivity (Wildman–Crippen MR) is 100.0 cm³/mol. The fourth-order valence-electron chi connectivity index (χ4n) is 2.72. The zero-order chi connectivity index (χ0) is 17.6. The molecule has 1 atom stereocenters. The summed E-state index contributed by atoms with van der Waals surface area (Å²) in [5, 5.41) is 4.91. The van der Waals surface area contributed by atoms with Crippen LogP contribution in [0.3, 0.4) is 0 Å². The first-order valence-electron chi connectivity index (χ1n) is 7.97. The molecule has 0 saturated carbocycles. The Balaban J connectivity index is 1.82. The summed E-state index contributed by atoms with van der Waals surface area (Å²) in [5.74, 6) is -0.468. The average Bonchev–Trinajstić information content (AvgIpc) is 3.11. The van der Waals surface area contributed by atoms with Crippen LogP contribution in [0, 0.1) is 5.82 Å². The van der Waals surface area contributed by atoms with E-state index >= 15 is 0 Å². The highest BCUT2D eigenvalue weighted by atomic mass is 32.1. The van der Waals surface area contributed by atoms with Gasteiger partial charge in [0.25, 0.3) is 0 Å². The van der Waals surface area contributed by atoms with Crippen molar-refractivity contribution in [2.75, 3.05) is 12.4 Å². The summed E-state index contributed by atoms with van der Waals surface area (Å²) in [6.07, 6.45) is 0. The third-order valence-electron chi connectivity index (χ3n) is 3.90. The molecule has 1 aromatic heterocycles. The lowest BCUT2D eigenvalue weighted by molar-refractivity contribution is -0.121. The summed E-state index contributed by atoms with van der Waals surface area (Å²) in [4.78, 5) is 16.1. The summed E-state index contributed by atoms with van der Waals surface area (Å²) in [6, 6.07) is 19.1. The summed E-state index contributed by atoms with van der Waals surface area (Å²) in [7, 11) is 1.93. The third-order valence-corrected chi connectivity index (χ3v) is 4.76. The number of nitrogens with zero attached hydrogens (tertiary/aromatic N) is 1. The summed E-state index contributed by atoms with van der Waals surface area (Å²) in [6.45, 7) is 0.675. The van der Waals surface area contributed by atoms with E-state index in [0.29, 0.717) is 12.2 Å². The first kappa shape index (κ1) is 17.3. The van der Waals surface area contributed by atoms with Crippen molar-refractivity contribution in [3.05, 3.63) is 88.4 Å². The van der Waals surface area contributed by atoms with Crippen LogP contribution in [0.4, 0.5) is 10.1 Å². The van der Waals surface area contributed by atoms with Crippen molar-refractivity contribution in [1.29, 1.82) is 0 Å². The molecule has 128 valence electrons. The van der Waals surface area contributed by atoms with Crippen LogP contribution in [0.15, 0.2) is 72.1 Å². The molecule has 1 amide bonds. The molecular formula is C20H19FN2OS. The Morgan fingerprint density at radius 3 is 2.44 bits per heavy atom. The number of halogens is 1. The van der Waals surface area contributed by atoms with Gasteiger partial charge in [0.15, 0.2) is 0 Å². The van der Waals surface area contributed by atoms with Gasteiger partial charge in [-0.25, -0.2) is 4.39 Å². The van der Waals surface area contributed by atoms with Crippen LogP contribution >= 0.6 is 11.3 Å². The van der Waals surface area contributed by atoms with Crippen LogP contribution < -0.4 is 5.32 Å². The second-order valence-corrected chi connectivity index (χ2v) is 6.84. The van der Waals surface area contributed by atoms with Gasteiger partial charge in [-0.2, -0.15) is 0 Å². The minimum Gasteiger partial charge on any atom is -0.324 e. The van der Waals surface area contributed by atoms with E-state index in [-0.39, 0.29) is 11.7 Å². The van der Waals surface area contributed by atoms with Crippen molar-refractivity contribution in [2.45, 2.75) is 12.6 Å². The molecule has 25 heavy (non-hydrogen) atoms. The molecule has 2 aromatic carbocycles. The standard InChI is InChI=1S/C20H19FN2OS/c1-23(14-18-8-5-13-25-18)19(15-6-3-2-4-7-15)20(24)22-17-11-9-16(21)10-12-17/h2-13,19H,14H2,1H3,(H,22,24)/t19-/m1/s1. The molecule has 0 aliphatic rings. The lowest BCUT2D eigenvalue weighted by Crippen LogP contribution is -2.34. The first-order valence-corrected chi connectivity index (χ1v) is 8.85. The number of carbonyl (C=O) groups is 1. The molecular weight excluding hydrogens is 335 g/mol. The highest BCUT2D eigenvalue weighted by Gasteiger charge is 2.25. The maximum Gasteiger partial charge on any atom is 0.246 e. The van der Waals surface area contributed by atoms with Gasteiger partial charge in [-0.1, -0.05) is 36.4 Å². The highest BCUT2D eigenvalue weighted by molar-refractivity contribution is 7.09. The molecule has 0 fully saturated rings. The highest BCUT2D eigenvalue weighted by Crippen LogP contribution is 2.24. The Hall–Kier alpha value is -2.50. The molecule has 0 unspecified atom stereocenters. The summed E-state index contributed by atoms with van der Waals surface area (Å²) < 4.78 is 13.1. The molecule has 3 aromatic rings. The first-order chi connectivity index (χ1) is 12.1.